The van der Waals surface area contributed by atoms with Crippen LogP contribution in [0.5, 0.6) is 0 Å². The smallest absolute Gasteiger partial charge is 0.416 e. The topological polar surface area (TPSA) is 61.6 Å². The first-order chi connectivity index (χ1) is 18.7. The van der Waals surface area contributed by atoms with E-state index in [9.17, 15) is 18.0 Å². The molecule has 1 aromatic heterocycles. The van der Waals surface area contributed by atoms with Crippen LogP contribution in [-0.4, -0.2) is 38.1 Å². The van der Waals surface area contributed by atoms with E-state index in [-0.39, 0.29) is 17.3 Å². The third-order valence-electron chi connectivity index (χ3n) is 6.79. The Morgan fingerprint density at radius 1 is 0.872 bits per heavy atom. The van der Waals surface area contributed by atoms with Gasteiger partial charge >= 0.3 is 6.18 Å². The molecule has 0 bridgehead atoms. The molecule has 0 aliphatic carbocycles. The monoisotopic (exact) mass is 534 g/mol. The van der Waals surface area contributed by atoms with Gasteiger partial charge in [0.25, 0.3) is 5.91 Å². The van der Waals surface area contributed by atoms with Gasteiger partial charge in [0.05, 0.1) is 5.56 Å². The number of oxazole rings is 1. The first kappa shape index (κ1) is 26.3. The van der Waals surface area contributed by atoms with Gasteiger partial charge < -0.3 is 19.5 Å². The van der Waals surface area contributed by atoms with E-state index >= 15 is 0 Å². The van der Waals surface area contributed by atoms with Crippen LogP contribution in [0.3, 0.4) is 0 Å². The summed E-state index contributed by atoms with van der Waals surface area (Å²) >= 11 is 0. The molecule has 202 valence electrons. The van der Waals surface area contributed by atoms with Crippen molar-refractivity contribution in [2.24, 2.45) is 0 Å². The number of halogens is 3. The maximum atomic E-state index is 13.4. The van der Waals surface area contributed by atoms with E-state index in [1.54, 1.807) is 0 Å². The van der Waals surface area contributed by atoms with Crippen molar-refractivity contribution in [1.82, 2.24) is 4.98 Å². The lowest BCUT2D eigenvalue weighted by molar-refractivity contribution is -0.137. The molecule has 5 rings (SSSR count). The van der Waals surface area contributed by atoms with Gasteiger partial charge in [-0.2, -0.15) is 13.2 Å². The number of amides is 1. The molecule has 4 aromatic rings. The standard InChI is InChI=1S/C30H29F3N4O2/c1-36(2)24-14-8-20(9-15-24)27-26(35-29(39-27)21-6-10-22(11-7-21)30(31,32)33)28(38)34-23-12-16-25(17-13-23)37-18-4-3-5-19-37/h6-17H,3-5,18-19H2,1-2H3,(H,34,38). The van der Waals surface area contributed by atoms with Gasteiger partial charge in [0, 0.05) is 55.4 Å². The minimum absolute atomic E-state index is 0.0441. The minimum atomic E-state index is -4.46. The van der Waals surface area contributed by atoms with Crippen LogP contribution in [0.4, 0.5) is 30.2 Å². The van der Waals surface area contributed by atoms with Crippen LogP contribution in [0.15, 0.2) is 77.2 Å². The zero-order chi connectivity index (χ0) is 27.6. The molecule has 1 aliphatic heterocycles. The second-order valence-electron chi connectivity index (χ2n) is 9.76. The summed E-state index contributed by atoms with van der Waals surface area (Å²) in [5, 5.41) is 2.88. The van der Waals surface area contributed by atoms with E-state index in [1.807, 2.05) is 67.5 Å². The Morgan fingerprint density at radius 3 is 2.08 bits per heavy atom. The summed E-state index contributed by atoms with van der Waals surface area (Å²) < 4.78 is 45.1. The Morgan fingerprint density at radius 2 is 1.49 bits per heavy atom. The van der Waals surface area contributed by atoms with Crippen molar-refractivity contribution in [2.75, 3.05) is 42.3 Å². The van der Waals surface area contributed by atoms with E-state index in [0.717, 1.165) is 36.6 Å². The lowest BCUT2D eigenvalue weighted by Crippen LogP contribution is -2.29. The van der Waals surface area contributed by atoms with Gasteiger partial charge in [-0.3, -0.25) is 4.79 Å². The van der Waals surface area contributed by atoms with Crippen LogP contribution in [0, 0.1) is 0 Å². The largest absolute Gasteiger partial charge is 0.435 e. The van der Waals surface area contributed by atoms with Crippen LogP contribution in [0.2, 0.25) is 0 Å². The normalized spacial score (nSPS) is 13.8. The summed E-state index contributed by atoms with van der Waals surface area (Å²) in [6.45, 7) is 2.04. The number of hydrogen-bond acceptors (Lipinski definition) is 5. The average molecular weight is 535 g/mol. The van der Waals surface area contributed by atoms with E-state index in [0.29, 0.717) is 16.8 Å². The number of benzene rings is 3. The predicted molar refractivity (Wildman–Crippen MR) is 147 cm³/mol. The number of carbonyl (C=O) groups is 1. The zero-order valence-corrected chi connectivity index (χ0v) is 21.8. The third-order valence-corrected chi connectivity index (χ3v) is 6.79. The maximum Gasteiger partial charge on any atom is 0.416 e. The van der Waals surface area contributed by atoms with Gasteiger partial charge in [-0.1, -0.05) is 0 Å². The summed E-state index contributed by atoms with van der Waals surface area (Å²) in [6, 6.07) is 19.6. The Bertz CT molecular complexity index is 1420. The molecule has 1 fully saturated rings. The fourth-order valence-electron chi connectivity index (χ4n) is 4.60. The van der Waals surface area contributed by atoms with Crippen molar-refractivity contribution in [2.45, 2.75) is 25.4 Å². The van der Waals surface area contributed by atoms with Crippen molar-refractivity contribution in [3.8, 4) is 22.8 Å². The Hall–Kier alpha value is -4.27. The molecule has 0 unspecified atom stereocenters. The van der Waals surface area contributed by atoms with Crippen LogP contribution >= 0.6 is 0 Å². The molecule has 3 aromatic carbocycles. The molecule has 0 saturated carbocycles. The highest BCUT2D eigenvalue weighted by molar-refractivity contribution is 6.07. The molecule has 0 radical (unpaired) electrons. The highest BCUT2D eigenvalue weighted by atomic mass is 19.4. The van der Waals surface area contributed by atoms with Crippen molar-refractivity contribution in [1.29, 1.82) is 0 Å². The number of rotatable bonds is 6. The molecule has 6 nitrogen and oxygen atoms in total. The lowest BCUT2D eigenvalue weighted by atomic mass is 10.1. The SMILES string of the molecule is CN(C)c1ccc(-c2oc(-c3ccc(C(F)(F)F)cc3)nc2C(=O)Nc2ccc(N3CCCCC3)cc2)cc1. The van der Waals surface area contributed by atoms with Crippen molar-refractivity contribution < 1.29 is 22.4 Å². The summed E-state index contributed by atoms with van der Waals surface area (Å²) in [5.41, 5.74) is 2.90. The maximum absolute atomic E-state index is 13.4. The van der Waals surface area contributed by atoms with Crippen LogP contribution < -0.4 is 15.1 Å². The van der Waals surface area contributed by atoms with E-state index in [4.69, 9.17) is 4.42 Å². The summed E-state index contributed by atoms with van der Waals surface area (Å²) in [7, 11) is 3.84. The van der Waals surface area contributed by atoms with E-state index < -0.39 is 17.6 Å². The molecular weight excluding hydrogens is 505 g/mol. The number of anilines is 3. The van der Waals surface area contributed by atoms with Gasteiger partial charge in [-0.25, -0.2) is 4.98 Å². The second-order valence-corrected chi connectivity index (χ2v) is 9.76. The molecule has 0 spiro atoms. The first-order valence-corrected chi connectivity index (χ1v) is 12.8. The molecule has 0 atom stereocenters. The molecule has 1 N–H and O–H groups in total. The molecule has 1 amide bonds. The highest BCUT2D eigenvalue weighted by Crippen LogP contribution is 2.34. The van der Waals surface area contributed by atoms with Gasteiger partial charge in [-0.15, -0.1) is 0 Å². The summed E-state index contributed by atoms with van der Waals surface area (Å²) in [6.07, 6.45) is -0.867. The van der Waals surface area contributed by atoms with Gasteiger partial charge in [0.1, 0.15) is 0 Å². The number of hydrogen-bond donors (Lipinski definition) is 1. The van der Waals surface area contributed by atoms with Crippen LogP contribution in [-0.2, 0) is 6.18 Å². The first-order valence-electron chi connectivity index (χ1n) is 12.8. The van der Waals surface area contributed by atoms with Crippen molar-refractivity contribution in [3.63, 3.8) is 0 Å². The fraction of sp³-hybridized carbons (Fsp3) is 0.267. The Kier molecular flexibility index (Phi) is 7.32. The third kappa shape index (κ3) is 5.92. The summed E-state index contributed by atoms with van der Waals surface area (Å²) in [4.78, 5) is 22.1. The number of alkyl halides is 3. The number of nitrogens with zero attached hydrogens (tertiary/aromatic N) is 3. The molecular formula is C30H29F3N4O2. The molecule has 2 heterocycles. The second kappa shape index (κ2) is 10.8. The van der Waals surface area contributed by atoms with Crippen molar-refractivity contribution >= 4 is 23.0 Å². The van der Waals surface area contributed by atoms with E-state index in [1.165, 1.54) is 31.4 Å². The van der Waals surface area contributed by atoms with Gasteiger partial charge in [-0.05, 0) is 92.1 Å². The minimum Gasteiger partial charge on any atom is -0.435 e. The number of piperidine rings is 1. The van der Waals surface area contributed by atoms with Crippen LogP contribution in [0.25, 0.3) is 22.8 Å². The summed E-state index contributed by atoms with van der Waals surface area (Å²) in [5.74, 6) is -0.187. The molecule has 39 heavy (non-hydrogen) atoms. The van der Waals surface area contributed by atoms with Crippen LogP contribution in [0.1, 0.15) is 35.3 Å². The van der Waals surface area contributed by atoms with Gasteiger partial charge in [0.15, 0.2) is 11.5 Å². The Labute approximate surface area is 225 Å². The molecule has 1 aliphatic rings. The predicted octanol–water partition coefficient (Wildman–Crippen LogP) is 7.34. The number of nitrogens with one attached hydrogen (secondary N) is 1. The van der Waals surface area contributed by atoms with Crippen molar-refractivity contribution in [3.05, 3.63) is 84.1 Å². The van der Waals surface area contributed by atoms with E-state index in [2.05, 4.69) is 15.2 Å². The lowest BCUT2D eigenvalue weighted by Gasteiger charge is -2.28. The quantitative estimate of drug-likeness (QED) is 0.281. The average Bonchev–Trinajstić information content (AvgIpc) is 3.39. The highest BCUT2D eigenvalue weighted by Gasteiger charge is 2.30. The molecule has 9 heteroatoms. The van der Waals surface area contributed by atoms with Gasteiger partial charge in [0.2, 0.25) is 5.89 Å². The number of aromatic nitrogens is 1. The fourth-order valence-corrected chi connectivity index (χ4v) is 4.60. The molecule has 1 saturated heterocycles. The Balaban J connectivity index is 1.45. The zero-order valence-electron chi connectivity index (χ0n) is 21.8. The number of carbonyl (C=O) groups excluding carboxylic acids is 1.